The van der Waals surface area contributed by atoms with E-state index in [9.17, 15) is 0 Å². The van der Waals surface area contributed by atoms with Crippen molar-refractivity contribution in [2.45, 2.75) is 38.4 Å². The lowest BCUT2D eigenvalue weighted by Crippen LogP contribution is -2.45. The van der Waals surface area contributed by atoms with Crippen molar-refractivity contribution in [2.75, 3.05) is 31.2 Å². The van der Waals surface area contributed by atoms with Crippen LogP contribution in [0.2, 0.25) is 0 Å². The summed E-state index contributed by atoms with van der Waals surface area (Å²) in [5.74, 6) is 0.287. The van der Waals surface area contributed by atoms with Gasteiger partial charge in [-0.1, -0.05) is 32.0 Å². The van der Waals surface area contributed by atoms with E-state index in [-0.39, 0.29) is 5.79 Å². The smallest absolute Gasteiger partial charge is 0.171 e. The van der Waals surface area contributed by atoms with Crippen LogP contribution in [0.25, 0.3) is 0 Å². The van der Waals surface area contributed by atoms with Crippen LogP contribution in [0.15, 0.2) is 24.3 Å². The third-order valence-electron chi connectivity index (χ3n) is 4.24. The van der Waals surface area contributed by atoms with Crippen molar-refractivity contribution in [3.8, 4) is 0 Å². The van der Waals surface area contributed by atoms with Crippen molar-refractivity contribution >= 4 is 5.69 Å². The van der Waals surface area contributed by atoms with E-state index in [1.54, 1.807) is 0 Å². The van der Waals surface area contributed by atoms with Gasteiger partial charge in [-0.05, 0) is 17.5 Å². The first-order valence-corrected chi connectivity index (χ1v) is 7.32. The number of piperidine rings is 1. The van der Waals surface area contributed by atoms with Gasteiger partial charge in [0.2, 0.25) is 0 Å². The van der Waals surface area contributed by atoms with E-state index in [4.69, 9.17) is 9.47 Å². The Balaban J connectivity index is 1.75. The number of ether oxygens (including phenoxy) is 2. The minimum absolute atomic E-state index is 0.275. The number of hydrogen-bond donors (Lipinski definition) is 0. The largest absolute Gasteiger partial charge is 0.371 e. The summed E-state index contributed by atoms with van der Waals surface area (Å²) in [5.41, 5.74) is 2.82. The predicted molar refractivity (Wildman–Crippen MR) is 76.6 cm³/mol. The first-order chi connectivity index (χ1) is 9.20. The standard InChI is InChI=1S/C16H23NO2/c1-13(2)14-5-3-4-6-15(14)17-9-7-16(8-10-17)18-11-12-19-16/h3-6,13H,7-12H2,1-2H3. The summed E-state index contributed by atoms with van der Waals surface area (Å²) in [6.45, 7) is 8.06. The van der Waals surface area contributed by atoms with Crippen LogP contribution in [0.5, 0.6) is 0 Å². The zero-order valence-corrected chi connectivity index (χ0v) is 11.9. The molecule has 2 saturated heterocycles. The van der Waals surface area contributed by atoms with E-state index >= 15 is 0 Å². The topological polar surface area (TPSA) is 21.7 Å². The third kappa shape index (κ3) is 2.49. The van der Waals surface area contributed by atoms with Crippen LogP contribution in [0.1, 0.15) is 38.2 Å². The number of hydrogen-bond acceptors (Lipinski definition) is 3. The lowest BCUT2D eigenvalue weighted by Gasteiger charge is -2.39. The highest BCUT2D eigenvalue weighted by atomic mass is 16.7. The summed E-state index contributed by atoms with van der Waals surface area (Å²) in [5, 5.41) is 0. The average molecular weight is 261 g/mol. The van der Waals surface area contributed by atoms with Gasteiger partial charge in [0.1, 0.15) is 0 Å². The van der Waals surface area contributed by atoms with Crippen molar-refractivity contribution in [1.29, 1.82) is 0 Å². The molecule has 0 saturated carbocycles. The van der Waals surface area contributed by atoms with Crippen LogP contribution in [0.3, 0.4) is 0 Å². The second kappa shape index (κ2) is 5.14. The second-order valence-corrected chi connectivity index (χ2v) is 5.81. The molecule has 0 aromatic heterocycles. The predicted octanol–water partition coefficient (Wildman–Crippen LogP) is 3.15. The van der Waals surface area contributed by atoms with Crippen LogP contribution in [-0.2, 0) is 9.47 Å². The molecule has 104 valence electrons. The lowest BCUT2D eigenvalue weighted by molar-refractivity contribution is -0.169. The molecular formula is C16H23NO2. The molecule has 0 bridgehead atoms. The van der Waals surface area contributed by atoms with Gasteiger partial charge >= 0.3 is 0 Å². The molecule has 19 heavy (non-hydrogen) atoms. The summed E-state index contributed by atoms with van der Waals surface area (Å²) in [6.07, 6.45) is 1.94. The van der Waals surface area contributed by atoms with E-state index in [0.717, 1.165) is 39.1 Å². The van der Waals surface area contributed by atoms with Gasteiger partial charge < -0.3 is 14.4 Å². The molecule has 1 spiro atoms. The Morgan fingerprint density at radius 1 is 1.05 bits per heavy atom. The Morgan fingerprint density at radius 3 is 2.32 bits per heavy atom. The van der Waals surface area contributed by atoms with Gasteiger partial charge in [-0.3, -0.25) is 0 Å². The summed E-state index contributed by atoms with van der Waals surface area (Å²) in [4.78, 5) is 2.48. The van der Waals surface area contributed by atoms with Gasteiger partial charge in [-0.2, -0.15) is 0 Å². The van der Waals surface area contributed by atoms with Crippen molar-refractivity contribution in [3.05, 3.63) is 29.8 Å². The number of nitrogens with zero attached hydrogens (tertiary/aromatic N) is 1. The molecule has 2 heterocycles. The molecule has 0 unspecified atom stereocenters. The minimum Gasteiger partial charge on any atom is -0.371 e. The van der Waals surface area contributed by atoms with Gasteiger partial charge in [-0.25, -0.2) is 0 Å². The summed E-state index contributed by atoms with van der Waals surface area (Å²) in [7, 11) is 0. The normalized spacial score (nSPS) is 22.4. The summed E-state index contributed by atoms with van der Waals surface area (Å²) >= 11 is 0. The molecule has 3 rings (SSSR count). The molecular weight excluding hydrogens is 238 g/mol. The van der Waals surface area contributed by atoms with Gasteiger partial charge in [0, 0.05) is 31.6 Å². The van der Waals surface area contributed by atoms with Crippen molar-refractivity contribution in [1.82, 2.24) is 0 Å². The maximum atomic E-state index is 5.79. The number of anilines is 1. The Labute approximate surface area is 115 Å². The maximum absolute atomic E-state index is 5.79. The monoisotopic (exact) mass is 261 g/mol. The molecule has 3 heteroatoms. The SMILES string of the molecule is CC(C)c1ccccc1N1CCC2(CC1)OCCO2. The van der Waals surface area contributed by atoms with Crippen LogP contribution in [0, 0.1) is 0 Å². The highest BCUT2D eigenvalue weighted by Crippen LogP contribution is 2.35. The van der Waals surface area contributed by atoms with E-state index in [0.29, 0.717) is 5.92 Å². The molecule has 0 amide bonds. The van der Waals surface area contributed by atoms with Crippen molar-refractivity contribution in [3.63, 3.8) is 0 Å². The molecule has 2 aliphatic heterocycles. The lowest BCUT2D eigenvalue weighted by atomic mass is 9.97. The fraction of sp³-hybridized carbons (Fsp3) is 0.625. The first kappa shape index (κ1) is 12.9. The minimum atomic E-state index is -0.275. The summed E-state index contributed by atoms with van der Waals surface area (Å²) < 4.78 is 11.6. The van der Waals surface area contributed by atoms with Crippen molar-refractivity contribution < 1.29 is 9.47 Å². The fourth-order valence-corrected chi connectivity index (χ4v) is 3.14. The van der Waals surface area contributed by atoms with Crippen LogP contribution in [0.4, 0.5) is 5.69 Å². The van der Waals surface area contributed by atoms with E-state index < -0.39 is 0 Å². The quantitative estimate of drug-likeness (QED) is 0.816. The van der Waals surface area contributed by atoms with Gasteiger partial charge in [0.05, 0.1) is 13.2 Å². The highest BCUT2D eigenvalue weighted by molar-refractivity contribution is 5.55. The molecule has 0 N–H and O–H groups in total. The third-order valence-corrected chi connectivity index (χ3v) is 4.24. The molecule has 0 radical (unpaired) electrons. The molecule has 2 aliphatic rings. The molecule has 2 fully saturated rings. The zero-order valence-electron chi connectivity index (χ0n) is 11.9. The first-order valence-electron chi connectivity index (χ1n) is 7.32. The molecule has 1 aromatic rings. The van der Waals surface area contributed by atoms with Gasteiger partial charge in [-0.15, -0.1) is 0 Å². The van der Waals surface area contributed by atoms with E-state index in [2.05, 4.69) is 43.0 Å². The number of rotatable bonds is 2. The van der Waals surface area contributed by atoms with Crippen molar-refractivity contribution in [2.24, 2.45) is 0 Å². The van der Waals surface area contributed by atoms with Crippen LogP contribution in [-0.4, -0.2) is 32.1 Å². The van der Waals surface area contributed by atoms with Gasteiger partial charge in [0.25, 0.3) is 0 Å². The molecule has 0 aliphatic carbocycles. The Bertz CT molecular complexity index is 428. The molecule has 1 aromatic carbocycles. The Morgan fingerprint density at radius 2 is 1.68 bits per heavy atom. The van der Waals surface area contributed by atoms with E-state index in [1.807, 2.05) is 0 Å². The number of para-hydroxylation sites is 1. The fourth-order valence-electron chi connectivity index (χ4n) is 3.14. The zero-order chi connectivity index (χ0) is 13.3. The second-order valence-electron chi connectivity index (χ2n) is 5.81. The Hall–Kier alpha value is -1.06. The average Bonchev–Trinajstić information content (AvgIpc) is 2.88. The van der Waals surface area contributed by atoms with Gasteiger partial charge in [0.15, 0.2) is 5.79 Å². The summed E-state index contributed by atoms with van der Waals surface area (Å²) in [6, 6.07) is 8.75. The molecule has 0 atom stereocenters. The highest BCUT2D eigenvalue weighted by Gasteiger charge is 2.40. The maximum Gasteiger partial charge on any atom is 0.171 e. The Kier molecular flexibility index (Phi) is 3.50. The van der Waals surface area contributed by atoms with Crippen LogP contribution < -0.4 is 4.90 Å². The van der Waals surface area contributed by atoms with E-state index in [1.165, 1.54) is 11.3 Å². The number of benzene rings is 1. The molecule has 3 nitrogen and oxygen atoms in total. The van der Waals surface area contributed by atoms with Crippen LogP contribution >= 0.6 is 0 Å².